The van der Waals surface area contributed by atoms with Gasteiger partial charge in [0.05, 0.1) is 16.7 Å². The zero-order valence-electron chi connectivity index (χ0n) is 19.8. The second kappa shape index (κ2) is 8.65. The van der Waals surface area contributed by atoms with Crippen LogP contribution in [0.1, 0.15) is 0 Å². The van der Waals surface area contributed by atoms with Crippen molar-refractivity contribution in [2.24, 2.45) is 14.1 Å². The lowest BCUT2D eigenvalue weighted by Gasteiger charge is -2.16. The molecule has 170 valence electrons. The van der Waals surface area contributed by atoms with Crippen LogP contribution in [0.25, 0.3) is 50.1 Å². The molecule has 0 N–H and O–H groups in total. The van der Waals surface area contributed by atoms with Gasteiger partial charge in [-0.1, -0.05) is 91.0 Å². The highest BCUT2D eigenvalue weighted by Gasteiger charge is 2.15. The second-order valence-corrected chi connectivity index (χ2v) is 8.74. The fourth-order valence-corrected chi connectivity index (χ4v) is 4.81. The number of hydrogen-bond acceptors (Lipinski definition) is 1. The number of aromatic nitrogens is 4. The maximum atomic E-state index is 5.01. The van der Waals surface area contributed by atoms with Crippen molar-refractivity contribution in [1.82, 2.24) is 18.9 Å². The molecular formula is C31H26N4. The summed E-state index contributed by atoms with van der Waals surface area (Å²) in [6.07, 6.45) is 1.99. The van der Waals surface area contributed by atoms with Crippen molar-refractivity contribution in [3.05, 3.63) is 121 Å². The van der Waals surface area contributed by atoms with Gasteiger partial charge in [0.1, 0.15) is 0 Å². The zero-order valence-corrected chi connectivity index (χ0v) is 19.8. The Bertz CT molecular complexity index is 1650. The maximum Gasteiger partial charge on any atom is 0.232 e. The van der Waals surface area contributed by atoms with E-state index < -0.39 is 0 Å². The highest BCUT2D eigenvalue weighted by Crippen LogP contribution is 2.32. The summed E-state index contributed by atoms with van der Waals surface area (Å²) in [7, 11) is 4.05. The van der Waals surface area contributed by atoms with Crippen LogP contribution >= 0.6 is 0 Å². The summed E-state index contributed by atoms with van der Waals surface area (Å²) in [6, 6.07) is 40.5. The van der Waals surface area contributed by atoms with Crippen molar-refractivity contribution >= 4 is 21.8 Å². The summed E-state index contributed by atoms with van der Waals surface area (Å²) in [5.41, 5.74) is 6.90. The van der Waals surface area contributed by atoms with Crippen molar-refractivity contribution in [3.8, 4) is 28.3 Å². The molecule has 0 saturated heterocycles. The number of benzene rings is 4. The predicted octanol–water partition coefficient (Wildman–Crippen LogP) is 7.31. The first kappa shape index (κ1) is 21.0. The Kier molecular flexibility index (Phi) is 5.19. The maximum absolute atomic E-state index is 5.01. The molecule has 0 unspecified atom stereocenters. The van der Waals surface area contributed by atoms with Gasteiger partial charge in [0.25, 0.3) is 0 Å². The molecule has 0 bridgehead atoms. The number of aryl methyl sites for hydroxylation is 1. The Morgan fingerprint density at radius 1 is 0.514 bits per heavy atom. The molecule has 6 rings (SSSR count). The van der Waals surface area contributed by atoms with Crippen molar-refractivity contribution < 1.29 is 0 Å². The van der Waals surface area contributed by atoms with Gasteiger partial charge in [-0.15, -0.1) is 5.10 Å². The van der Waals surface area contributed by atoms with Crippen LogP contribution in [-0.4, -0.2) is 18.9 Å². The first-order chi connectivity index (χ1) is 17.2. The average Bonchev–Trinajstić information content (AvgIpc) is 3.24. The molecule has 0 radical (unpaired) electrons. The minimum Gasteiger partial charge on any atom is -0.313 e. The predicted molar refractivity (Wildman–Crippen MR) is 145 cm³/mol. The van der Waals surface area contributed by atoms with E-state index in [2.05, 4.69) is 119 Å². The smallest absolute Gasteiger partial charge is 0.232 e. The van der Waals surface area contributed by atoms with Gasteiger partial charge in [0.2, 0.25) is 5.95 Å². The lowest BCUT2D eigenvalue weighted by atomic mass is 10.0. The van der Waals surface area contributed by atoms with Crippen molar-refractivity contribution in [1.29, 1.82) is 0 Å². The molecule has 0 atom stereocenters. The van der Waals surface area contributed by atoms with E-state index in [1.54, 1.807) is 0 Å². The zero-order chi connectivity index (χ0) is 23.8. The van der Waals surface area contributed by atoms with Crippen molar-refractivity contribution in [2.45, 2.75) is 0 Å². The molecule has 4 aromatic carbocycles. The summed E-state index contributed by atoms with van der Waals surface area (Å²) in [4.78, 5) is 0. The number of hydrogen-bond donors (Lipinski definition) is 0. The third kappa shape index (κ3) is 3.69. The van der Waals surface area contributed by atoms with Crippen molar-refractivity contribution in [2.75, 3.05) is 0 Å². The van der Waals surface area contributed by atoms with Crippen molar-refractivity contribution in [3.63, 3.8) is 0 Å². The highest BCUT2D eigenvalue weighted by atomic mass is 15.3. The Balaban J connectivity index is 1.60. The Morgan fingerprint density at radius 2 is 1.06 bits per heavy atom. The van der Waals surface area contributed by atoms with Gasteiger partial charge < -0.3 is 4.57 Å². The van der Waals surface area contributed by atoms with Crippen LogP contribution in [0, 0.1) is 0 Å². The molecule has 0 saturated carbocycles. The third-order valence-electron chi connectivity index (χ3n) is 6.53. The van der Waals surface area contributed by atoms with E-state index in [9.17, 15) is 0 Å². The molecule has 4 nitrogen and oxygen atoms in total. The quantitative estimate of drug-likeness (QED) is 0.275. The van der Waals surface area contributed by atoms with Crippen LogP contribution < -0.4 is 0 Å². The van der Waals surface area contributed by atoms with Gasteiger partial charge in [-0.2, -0.15) is 0 Å². The van der Waals surface area contributed by atoms with E-state index in [1.807, 2.05) is 30.1 Å². The molecule has 6 aromatic rings. The molecule has 0 aliphatic rings. The van der Waals surface area contributed by atoms with Gasteiger partial charge in [0, 0.05) is 31.1 Å². The monoisotopic (exact) mass is 454 g/mol. The Labute approximate surface area is 204 Å². The molecule has 35 heavy (non-hydrogen) atoms. The minimum absolute atomic E-state index is 0.840. The summed E-state index contributed by atoms with van der Waals surface area (Å²) in [5.74, 6) is 0.840. The molecule has 2 aromatic heterocycles. The topological polar surface area (TPSA) is 27.7 Å². The molecule has 0 amide bonds. The normalized spacial score (nSPS) is 11.1. The summed E-state index contributed by atoms with van der Waals surface area (Å²) >= 11 is 0. The van der Waals surface area contributed by atoms with Gasteiger partial charge in [-0.05, 0) is 41.0 Å². The van der Waals surface area contributed by atoms with E-state index in [4.69, 9.17) is 5.10 Å². The number of nitrogens with zero attached hydrogens (tertiary/aromatic N) is 4. The van der Waals surface area contributed by atoms with E-state index >= 15 is 0 Å². The number of para-hydroxylation sites is 2. The third-order valence-corrected chi connectivity index (χ3v) is 6.53. The van der Waals surface area contributed by atoms with Gasteiger partial charge in [0.15, 0.2) is 0 Å². The van der Waals surface area contributed by atoms with Gasteiger partial charge in [-0.3, -0.25) is 9.25 Å². The minimum atomic E-state index is 0.840. The molecule has 0 spiro atoms. The van der Waals surface area contributed by atoms with Crippen LogP contribution in [0.4, 0.5) is 0 Å². The summed E-state index contributed by atoms with van der Waals surface area (Å²) < 4.78 is 6.30. The number of rotatable bonds is 3. The first-order valence-corrected chi connectivity index (χ1v) is 11.8. The van der Waals surface area contributed by atoms with Gasteiger partial charge in [-0.25, -0.2) is 0 Å². The van der Waals surface area contributed by atoms with E-state index in [-0.39, 0.29) is 0 Å². The Hall–Kier alpha value is -4.57. The average molecular weight is 455 g/mol. The summed E-state index contributed by atoms with van der Waals surface area (Å²) in [5, 5.41) is 7.45. The first-order valence-electron chi connectivity index (χ1n) is 11.8. The van der Waals surface area contributed by atoms with Gasteiger partial charge >= 0.3 is 0 Å². The molecule has 2 heterocycles. The SMILES string of the molecule is Cn1cccc(-c2ccc(-c3ccccc3)cc2)n(C)c(-n2c3ccccc3c3ccccc32)n1. The van der Waals surface area contributed by atoms with Crippen LogP contribution in [0.15, 0.2) is 121 Å². The van der Waals surface area contributed by atoms with Crippen LogP contribution in [0.3, 0.4) is 0 Å². The van der Waals surface area contributed by atoms with Crippen LogP contribution in [0.5, 0.6) is 0 Å². The lowest BCUT2D eigenvalue weighted by Crippen LogP contribution is -2.12. The largest absolute Gasteiger partial charge is 0.313 e. The Morgan fingerprint density at radius 3 is 1.71 bits per heavy atom. The molecule has 0 aliphatic carbocycles. The molecule has 0 aliphatic heterocycles. The fraction of sp³-hybridized carbons (Fsp3) is 0.0645. The highest BCUT2D eigenvalue weighted by molar-refractivity contribution is 6.08. The van der Waals surface area contributed by atoms with Crippen LogP contribution in [-0.2, 0) is 14.1 Å². The van der Waals surface area contributed by atoms with Crippen LogP contribution in [0.2, 0.25) is 0 Å². The molecule has 4 heteroatoms. The second-order valence-electron chi connectivity index (χ2n) is 8.74. The van der Waals surface area contributed by atoms with E-state index in [0.717, 1.165) is 28.2 Å². The fourth-order valence-electron chi connectivity index (χ4n) is 4.81. The van der Waals surface area contributed by atoms with E-state index in [0.29, 0.717) is 0 Å². The standard InChI is InChI=1S/C31H26N4/c1-33-22-10-17-28(25-20-18-24(19-21-25)23-11-4-3-5-12-23)34(2)31(32-33)35-29-15-8-6-13-26(29)27-14-7-9-16-30(27)35/h3-22H,1-2H3. The molecular weight excluding hydrogens is 428 g/mol. The van der Waals surface area contributed by atoms with E-state index in [1.165, 1.54) is 21.9 Å². The number of fused-ring (bicyclic) bond motifs is 3. The molecule has 0 fully saturated rings. The summed E-state index contributed by atoms with van der Waals surface area (Å²) in [6.45, 7) is 0. The lowest BCUT2D eigenvalue weighted by molar-refractivity contribution is 0.683.